The molecule has 3 heterocycles. The second kappa shape index (κ2) is 8.81. The van der Waals surface area contributed by atoms with E-state index in [1.807, 2.05) is 59.0 Å². The lowest BCUT2D eigenvalue weighted by atomic mass is 9.96. The topological polar surface area (TPSA) is 83.9 Å². The maximum absolute atomic E-state index is 13.5. The first-order valence-electron chi connectivity index (χ1n) is 12.2. The van der Waals surface area contributed by atoms with Gasteiger partial charge in [-0.2, -0.15) is 0 Å². The van der Waals surface area contributed by atoms with Crippen LogP contribution in [0.4, 0.5) is 11.4 Å². The van der Waals surface area contributed by atoms with Crippen molar-refractivity contribution < 1.29 is 19.1 Å². The van der Waals surface area contributed by atoms with Crippen LogP contribution in [0.3, 0.4) is 0 Å². The first kappa shape index (κ1) is 22.8. The average Bonchev–Trinajstić information content (AvgIpc) is 3.24. The fourth-order valence-electron chi connectivity index (χ4n) is 5.63. The highest BCUT2D eigenvalue weighted by atomic mass is 16.5. The standard InChI is InChI=1S/C29H26N4O4/c1-31-23-9-5-4-8-22(23)28(35)32-16-15-21-20-7-3-6-10-24(20)33(26(21)27(31)32)17-25(34)30-19-13-11-18(12-14-19)29(36)37-2/h3-14,27H,15-17H2,1-2H3,(H,30,34). The number of fused-ring (bicyclic) bond motifs is 6. The molecule has 4 aromatic rings. The van der Waals surface area contributed by atoms with Crippen molar-refractivity contribution in [2.75, 3.05) is 30.9 Å². The minimum Gasteiger partial charge on any atom is -0.465 e. The van der Waals surface area contributed by atoms with Crippen molar-refractivity contribution in [3.63, 3.8) is 0 Å². The Labute approximate surface area is 214 Å². The van der Waals surface area contributed by atoms with Gasteiger partial charge in [0, 0.05) is 30.2 Å². The first-order chi connectivity index (χ1) is 18.0. The van der Waals surface area contributed by atoms with Crippen molar-refractivity contribution >= 4 is 40.1 Å². The van der Waals surface area contributed by atoms with E-state index >= 15 is 0 Å². The molecule has 2 amide bonds. The van der Waals surface area contributed by atoms with E-state index in [1.54, 1.807) is 24.3 Å². The summed E-state index contributed by atoms with van der Waals surface area (Å²) in [6.07, 6.45) is 0.406. The van der Waals surface area contributed by atoms with E-state index in [0.717, 1.165) is 28.7 Å². The van der Waals surface area contributed by atoms with Crippen molar-refractivity contribution in [1.82, 2.24) is 9.47 Å². The number of carbonyl (C=O) groups is 3. The monoisotopic (exact) mass is 494 g/mol. The van der Waals surface area contributed by atoms with Crippen LogP contribution in [0.1, 0.15) is 38.1 Å². The number of anilines is 2. The van der Waals surface area contributed by atoms with Gasteiger partial charge < -0.3 is 24.4 Å². The quantitative estimate of drug-likeness (QED) is 0.430. The number of hydrogen-bond acceptors (Lipinski definition) is 5. The summed E-state index contributed by atoms with van der Waals surface area (Å²) >= 11 is 0. The van der Waals surface area contributed by atoms with Crippen LogP contribution in [0.2, 0.25) is 0 Å². The molecule has 0 saturated carbocycles. The van der Waals surface area contributed by atoms with Crippen molar-refractivity contribution in [2.45, 2.75) is 19.1 Å². The molecule has 1 unspecified atom stereocenters. The molecule has 0 bridgehead atoms. The van der Waals surface area contributed by atoms with E-state index in [4.69, 9.17) is 4.74 Å². The maximum atomic E-state index is 13.5. The highest BCUT2D eigenvalue weighted by Gasteiger charge is 2.42. The molecule has 0 aliphatic carbocycles. The Kier molecular flexibility index (Phi) is 5.44. The number of ether oxygens (including phenoxy) is 1. The number of nitrogens with zero attached hydrogens (tertiary/aromatic N) is 3. The largest absolute Gasteiger partial charge is 0.465 e. The minimum absolute atomic E-state index is 0.0105. The molecule has 1 atom stereocenters. The minimum atomic E-state index is -0.430. The summed E-state index contributed by atoms with van der Waals surface area (Å²) in [4.78, 5) is 42.5. The Morgan fingerprint density at radius 2 is 1.73 bits per heavy atom. The smallest absolute Gasteiger partial charge is 0.337 e. The highest BCUT2D eigenvalue weighted by Crippen LogP contribution is 2.44. The molecule has 0 radical (unpaired) electrons. The zero-order chi connectivity index (χ0) is 25.7. The van der Waals surface area contributed by atoms with Crippen molar-refractivity contribution in [3.05, 3.63) is 95.2 Å². The van der Waals surface area contributed by atoms with Crippen molar-refractivity contribution in [2.24, 2.45) is 0 Å². The van der Waals surface area contributed by atoms with Crippen LogP contribution in [0.5, 0.6) is 0 Å². The lowest BCUT2D eigenvalue weighted by Gasteiger charge is -2.46. The third kappa shape index (κ3) is 3.64. The Morgan fingerprint density at radius 1 is 1.00 bits per heavy atom. The van der Waals surface area contributed by atoms with E-state index in [9.17, 15) is 14.4 Å². The summed E-state index contributed by atoms with van der Waals surface area (Å²) in [6, 6.07) is 22.3. The number of nitrogens with one attached hydrogen (secondary N) is 1. The molecule has 37 heavy (non-hydrogen) atoms. The predicted octanol–water partition coefficient (Wildman–Crippen LogP) is 4.21. The number of methoxy groups -OCH3 is 1. The first-order valence-corrected chi connectivity index (χ1v) is 12.2. The van der Waals surface area contributed by atoms with Gasteiger partial charge in [-0.15, -0.1) is 0 Å². The van der Waals surface area contributed by atoms with Gasteiger partial charge in [0.15, 0.2) is 0 Å². The molecule has 2 aliphatic rings. The van der Waals surface area contributed by atoms with E-state index in [-0.39, 0.29) is 24.5 Å². The maximum Gasteiger partial charge on any atom is 0.337 e. The molecule has 1 N–H and O–H groups in total. The Bertz CT molecular complexity index is 1560. The molecular formula is C29H26N4O4. The number of rotatable bonds is 4. The number of hydrogen-bond donors (Lipinski definition) is 1. The number of carbonyl (C=O) groups excluding carboxylic acids is 3. The van der Waals surface area contributed by atoms with Crippen molar-refractivity contribution in [3.8, 4) is 0 Å². The summed E-state index contributed by atoms with van der Waals surface area (Å²) in [5, 5.41) is 4.04. The lowest BCUT2D eigenvalue weighted by Crippen LogP contribution is -2.51. The van der Waals surface area contributed by atoms with Gasteiger partial charge in [-0.05, 0) is 54.4 Å². The van der Waals surface area contributed by atoms with E-state index in [2.05, 4.69) is 16.3 Å². The lowest BCUT2D eigenvalue weighted by molar-refractivity contribution is -0.116. The van der Waals surface area contributed by atoms with Crippen LogP contribution < -0.4 is 10.2 Å². The summed E-state index contributed by atoms with van der Waals surface area (Å²) in [5.74, 6) is -0.617. The van der Waals surface area contributed by atoms with E-state index in [1.165, 1.54) is 12.7 Å². The predicted molar refractivity (Wildman–Crippen MR) is 141 cm³/mol. The molecule has 8 nitrogen and oxygen atoms in total. The van der Waals surface area contributed by atoms with Crippen LogP contribution in [-0.2, 0) is 22.5 Å². The van der Waals surface area contributed by atoms with Crippen LogP contribution in [0.25, 0.3) is 10.9 Å². The van der Waals surface area contributed by atoms with Gasteiger partial charge in [-0.1, -0.05) is 30.3 Å². The Hall–Kier alpha value is -4.59. The molecule has 0 fully saturated rings. The molecule has 186 valence electrons. The third-order valence-corrected chi connectivity index (χ3v) is 7.30. The van der Waals surface area contributed by atoms with Gasteiger partial charge in [0.25, 0.3) is 5.91 Å². The average molecular weight is 495 g/mol. The van der Waals surface area contributed by atoms with Gasteiger partial charge in [0.2, 0.25) is 5.91 Å². The number of para-hydroxylation sites is 2. The summed E-state index contributed by atoms with van der Waals surface area (Å²) in [7, 11) is 3.33. The molecule has 2 aliphatic heterocycles. The molecule has 0 spiro atoms. The SMILES string of the molecule is COC(=O)c1ccc(NC(=O)Cn2c3c(c4ccccc42)CCN2C(=O)c4ccccc4N(C)C32)cc1. The van der Waals surface area contributed by atoms with Crippen LogP contribution in [-0.4, -0.2) is 48.0 Å². The zero-order valence-electron chi connectivity index (χ0n) is 20.6. The summed E-state index contributed by atoms with van der Waals surface area (Å²) in [6.45, 7) is 0.699. The Morgan fingerprint density at radius 3 is 2.51 bits per heavy atom. The van der Waals surface area contributed by atoms with E-state index < -0.39 is 5.97 Å². The van der Waals surface area contributed by atoms with Gasteiger partial charge in [-0.3, -0.25) is 9.59 Å². The molecule has 0 saturated heterocycles. The second-order valence-electron chi connectivity index (χ2n) is 9.33. The van der Waals surface area contributed by atoms with Gasteiger partial charge >= 0.3 is 5.97 Å². The molecular weight excluding hydrogens is 468 g/mol. The molecule has 6 rings (SSSR count). The van der Waals surface area contributed by atoms with Crippen LogP contribution in [0, 0.1) is 0 Å². The summed E-state index contributed by atoms with van der Waals surface area (Å²) in [5.41, 5.74) is 5.68. The third-order valence-electron chi connectivity index (χ3n) is 7.30. The van der Waals surface area contributed by atoms with E-state index in [0.29, 0.717) is 23.4 Å². The number of benzene rings is 3. The normalized spacial score (nSPS) is 16.2. The van der Waals surface area contributed by atoms with Gasteiger partial charge in [0.05, 0.1) is 29.6 Å². The summed E-state index contributed by atoms with van der Waals surface area (Å²) < 4.78 is 6.78. The second-order valence-corrected chi connectivity index (χ2v) is 9.33. The zero-order valence-corrected chi connectivity index (χ0v) is 20.6. The molecule has 3 aromatic carbocycles. The van der Waals surface area contributed by atoms with Gasteiger partial charge in [-0.25, -0.2) is 4.79 Å². The fraction of sp³-hybridized carbons (Fsp3) is 0.207. The van der Waals surface area contributed by atoms with Crippen molar-refractivity contribution in [1.29, 1.82) is 0 Å². The molecule has 8 heteroatoms. The van der Waals surface area contributed by atoms with Crippen LogP contribution >= 0.6 is 0 Å². The molecule has 1 aromatic heterocycles. The number of aromatic nitrogens is 1. The fourth-order valence-corrected chi connectivity index (χ4v) is 5.63. The van der Waals surface area contributed by atoms with Crippen LogP contribution in [0.15, 0.2) is 72.8 Å². The van der Waals surface area contributed by atoms with Gasteiger partial charge in [0.1, 0.15) is 12.7 Å². The number of esters is 1. The highest BCUT2D eigenvalue weighted by molar-refractivity contribution is 6.03. The Balaban J connectivity index is 1.38. The number of amides is 2.